The highest BCUT2D eigenvalue weighted by Crippen LogP contribution is 2.25. The summed E-state index contributed by atoms with van der Waals surface area (Å²) < 4.78 is 5.13. The molecule has 1 heterocycles. The average molecular weight is 324 g/mol. The van der Waals surface area contributed by atoms with Crippen molar-refractivity contribution in [3.05, 3.63) is 59.2 Å². The maximum Gasteiger partial charge on any atom is 0.299 e. The lowest BCUT2D eigenvalue weighted by molar-refractivity contribution is -0.116. The first-order chi connectivity index (χ1) is 11.5. The van der Waals surface area contributed by atoms with Crippen molar-refractivity contribution in [1.29, 1.82) is 0 Å². The zero-order valence-corrected chi connectivity index (χ0v) is 12.6. The molecule has 0 aliphatic carbocycles. The van der Waals surface area contributed by atoms with E-state index in [-0.39, 0.29) is 22.4 Å². The van der Waals surface area contributed by atoms with Gasteiger partial charge >= 0.3 is 0 Å². The van der Waals surface area contributed by atoms with Crippen LogP contribution in [0.25, 0.3) is 0 Å². The van der Waals surface area contributed by atoms with Crippen LogP contribution in [0.15, 0.2) is 42.5 Å². The molecule has 2 aromatic carbocycles. The first-order valence-electron chi connectivity index (χ1n) is 7.00. The Morgan fingerprint density at radius 3 is 2.50 bits per heavy atom. The number of carbonyl (C=O) groups excluding carboxylic acids is 4. The van der Waals surface area contributed by atoms with Gasteiger partial charge < -0.3 is 10.1 Å². The predicted octanol–water partition coefficient (Wildman–Crippen LogP) is 1.40. The summed E-state index contributed by atoms with van der Waals surface area (Å²) in [5.74, 6) is -2.73. The lowest BCUT2D eigenvalue weighted by Gasteiger charge is -2.18. The van der Waals surface area contributed by atoms with Crippen molar-refractivity contribution in [2.24, 2.45) is 0 Å². The van der Waals surface area contributed by atoms with Crippen LogP contribution >= 0.6 is 0 Å². The van der Waals surface area contributed by atoms with Crippen LogP contribution in [0.1, 0.15) is 31.1 Å². The van der Waals surface area contributed by atoms with Crippen LogP contribution in [-0.2, 0) is 4.79 Å². The number of para-hydroxylation sites is 1. The monoisotopic (exact) mass is 324 g/mol. The van der Waals surface area contributed by atoms with Gasteiger partial charge in [-0.25, -0.2) is 0 Å². The van der Waals surface area contributed by atoms with E-state index in [9.17, 15) is 19.2 Å². The van der Waals surface area contributed by atoms with E-state index in [1.54, 1.807) is 24.3 Å². The first kappa shape index (κ1) is 15.4. The number of imide groups is 1. The molecule has 7 heteroatoms. The van der Waals surface area contributed by atoms with E-state index < -0.39 is 23.5 Å². The second-order valence-electron chi connectivity index (χ2n) is 4.99. The molecule has 2 aromatic rings. The van der Waals surface area contributed by atoms with Crippen molar-refractivity contribution in [1.82, 2.24) is 5.32 Å². The summed E-state index contributed by atoms with van der Waals surface area (Å²) in [4.78, 5) is 47.9. The van der Waals surface area contributed by atoms with Gasteiger partial charge in [-0.2, -0.15) is 0 Å². The molecule has 0 fully saturated rings. The van der Waals surface area contributed by atoms with Crippen LogP contribution in [0, 0.1) is 0 Å². The number of amides is 3. The molecule has 3 rings (SSSR count). The molecule has 120 valence electrons. The molecule has 2 N–H and O–H groups in total. The highest BCUT2D eigenvalue weighted by molar-refractivity contribution is 6.50. The molecule has 0 bridgehead atoms. The minimum absolute atomic E-state index is 0.0393. The summed E-state index contributed by atoms with van der Waals surface area (Å²) in [6, 6.07) is 10.9. The van der Waals surface area contributed by atoms with Gasteiger partial charge in [0, 0.05) is 0 Å². The number of ether oxygens (including phenoxy) is 1. The van der Waals surface area contributed by atoms with Gasteiger partial charge in [0.2, 0.25) is 0 Å². The summed E-state index contributed by atoms with van der Waals surface area (Å²) in [5.41, 5.74) is 0.278. The predicted molar refractivity (Wildman–Crippen MR) is 84.2 cm³/mol. The van der Waals surface area contributed by atoms with E-state index in [4.69, 9.17) is 4.74 Å². The lowest BCUT2D eigenvalue weighted by Crippen LogP contribution is -2.42. The standard InChI is InChI=1S/C17H12N2O5/c1-24-12-8-3-2-5-9(12)15(21)18-11-7-4-6-10-13(11)14(20)17(23)19-16(10)22/h2-8H,1H3,(H,18,21)(H,19,22,23). The molecular weight excluding hydrogens is 312 g/mol. The Kier molecular flexibility index (Phi) is 3.83. The molecule has 0 saturated carbocycles. The van der Waals surface area contributed by atoms with Crippen LogP contribution in [0.2, 0.25) is 0 Å². The highest BCUT2D eigenvalue weighted by atomic mass is 16.5. The van der Waals surface area contributed by atoms with Gasteiger partial charge in [0.15, 0.2) is 0 Å². The molecule has 0 atom stereocenters. The molecule has 7 nitrogen and oxygen atoms in total. The third-order valence-electron chi connectivity index (χ3n) is 3.57. The molecule has 0 unspecified atom stereocenters. The number of carbonyl (C=O) groups is 4. The summed E-state index contributed by atoms with van der Waals surface area (Å²) in [6.45, 7) is 0. The topological polar surface area (TPSA) is 102 Å². The highest BCUT2D eigenvalue weighted by Gasteiger charge is 2.33. The van der Waals surface area contributed by atoms with E-state index in [0.29, 0.717) is 5.75 Å². The average Bonchev–Trinajstić information content (AvgIpc) is 2.59. The maximum atomic E-state index is 12.5. The van der Waals surface area contributed by atoms with Crippen molar-refractivity contribution in [3.8, 4) is 5.75 Å². The van der Waals surface area contributed by atoms with Gasteiger partial charge in [-0.3, -0.25) is 24.5 Å². The lowest BCUT2D eigenvalue weighted by atomic mass is 9.96. The SMILES string of the molecule is COc1ccccc1C(=O)Nc1cccc2c1C(=O)C(=O)NC2=O. The number of methoxy groups -OCH3 is 1. The van der Waals surface area contributed by atoms with E-state index in [2.05, 4.69) is 5.32 Å². The number of hydrogen-bond acceptors (Lipinski definition) is 5. The fraction of sp³-hybridized carbons (Fsp3) is 0.0588. The number of rotatable bonds is 3. The van der Waals surface area contributed by atoms with E-state index in [1.807, 2.05) is 5.32 Å². The normalized spacial score (nSPS) is 13.1. The Balaban J connectivity index is 2.01. The molecular formula is C17H12N2O5. The van der Waals surface area contributed by atoms with Crippen LogP contribution in [0.4, 0.5) is 5.69 Å². The molecule has 0 radical (unpaired) electrons. The van der Waals surface area contributed by atoms with E-state index in [1.165, 1.54) is 25.3 Å². The van der Waals surface area contributed by atoms with Crippen molar-refractivity contribution >= 4 is 29.2 Å². The second kappa shape index (κ2) is 5.96. The molecule has 1 aliphatic heterocycles. The molecule has 0 aromatic heterocycles. The fourth-order valence-corrected chi connectivity index (χ4v) is 2.45. The Morgan fingerprint density at radius 1 is 1.00 bits per heavy atom. The van der Waals surface area contributed by atoms with Gasteiger partial charge in [-0.1, -0.05) is 18.2 Å². The van der Waals surface area contributed by atoms with Gasteiger partial charge in [-0.15, -0.1) is 0 Å². The van der Waals surface area contributed by atoms with Crippen LogP contribution < -0.4 is 15.4 Å². The smallest absolute Gasteiger partial charge is 0.299 e. The maximum absolute atomic E-state index is 12.5. The number of fused-ring (bicyclic) bond motifs is 1. The largest absolute Gasteiger partial charge is 0.496 e. The second-order valence-corrected chi connectivity index (χ2v) is 4.99. The van der Waals surface area contributed by atoms with Crippen molar-refractivity contribution < 1.29 is 23.9 Å². The Hall–Kier alpha value is -3.48. The van der Waals surface area contributed by atoms with Crippen molar-refractivity contribution in [2.45, 2.75) is 0 Å². The summed E-state index contributed by atoms with van der Waals surface area (Å²) >= 11 is 0. The van der Waals surface area contributed by atoms with E-state index >= 15 is 0 Å². The summed E-state index contributed by atoms with van der Waals surface area (Å²) in [7, 11) is 1.43. The fourth-order valence-electron chi connectivity index (χ4n) is 2.45. The molecule has 0 spiro atoms. The zero-order valence-electron chi connectivity index (χ0n) is 12.6. The Bertz CT molecular complexity index is 888. The van der Waals surface area contributed by atoms with Crippen molar-refractivity contribution in [2.75, 3.05) is 12.4 Å². The third-order valence-corrected chi connectivity index (χ3v) is 3.57. The summed E-state index contributed by atoms with van der Waals surface area (Å²) in [5, 5.41) is 4.52. The van der Waals surface area contributed by atoms with Crippen LogP contribution in [0.5, 0.6) is 5.75 Å². The first-order valence-corrected chi connectivity index (χ1v) is 7.00. The number of benzene rings is 2. The molecule has 0 saturated heterocycles. The van der Waals surface area contributed by atoms with Crippen LogP contribution in [-0.4, -0.2) is 30.6 Å². The number of nitrogens with one attached hydrogen (secondary N) is 2. The quantitative estimate of drug-likeness (QED) is 0.656. The van der Waals surface area contributed by atoms with Gasteiger partial charge in [0.05, 0.1) is 29.5 Å². The molecule has 24 heavy (non-hydrogen) atoms. The summed E-state index contributed by atoms with van der Waals surface area (Å²) in [6.07, 6.45) is 0. The Morgan fingerprint density at radius 2 is 1.75 bits per heavy atom. The minimum atomic E-state index is -1.02. The van der Waals surface area contributed by atoms with Gasteiger partial charge in [-0.05, 0) is 24.3 Å². The number of Topliss-reactive ketones (excluding diaryl/α,β-unsaturated/α-hetero) is 1. The molecule has 3 amide bonds. The molecule has 1 aliphatic rings. The minimum Gasteiger partial charge on any atom is -0.496 e. The van der Waals surface area contributed by atoms with Gasteiger partial charge in [0.1, 0.15) is 5.75 Å². The number of hydrogen-bond donors (Lipinski definition) is 2. The van der Waals surface area contributed by atoms with E-state index in [0.717, 1.165) is 0 Å². The van der Waals surface area contributed by atoms with Crippen LogP contribution in [0.3, 0.4) is 0 Å². The van der Waals surface area contributed by atoms with Gasteiger partial charge in [0.25, 0.3) is 23.5 Å². The Labute approximate surface area is 136 Å². The van der Waals surface area contributed by atoms with Crippen molar-refractivity contribution in [3.63, 3.8) is 0 Å². The number of ketones is 1. The third kappa shape index (κ3) is 2.52. The zero-order chi connectivity index (χ0) is 17.3. The number of anilines is 1.